The molecule has 7 heteroatoms. The molecule has 0 radical (unpaired) electrons. The second kappa shape index (κ2) is 8.26. The lowest BCUT2D eigenvalue weighted by Gasteiger charge is -2.35. The standard InChI is InChI=1S/C23H27N5O2/c1-15-18(23(30)27(2)3)14-25-22(26-15)20-10-6-7-11-28(20)21(29)12-16-13-24-19-9-5-4-8-17(16)19/h4-5,8-9,13-14,20,24H,6-7,10-12H2,1-3H3. The number of nitrogens with zero attached hydrogens (tertiary/aromatic N) is 4. The van der Waals surface area contributed by atoms with E-state index in [0.717, 1.165) is 35.7 Å². The van der Waals surface area contributed by atoms with Crippen molar-refractivity contribution in [3.8, 4) is 0 Å². The first-order valence-electron chi connectivity index (χ1n) is 10.4. The number of benzene rings is 1. The SMILES string of the molecule is Cc1nc(C2CCCCN2C(=O)Cc2c[nH]c3ccccc23)ncc1C(=O)N(C)C. The predicted octanol–water partition coefficient (Wildman–Crippen LogP) is 3.26. The van der Waals surface area contributed by atoms with Gasteiger partial charge in [-0.2, -0.15) is 0 Å². The van der Waals surface area contributed by atoms with E-state index in [1.54, 1.807) is 20.3 Å². The molecule has 30 heavy (non-hydrogen) atoms. The molecule has 1 aliphatic heterocycles. The topological polar surface area (TPSA) is 82.2 Å². The number of hydrogen-bond donors (Lipinski definition) is 1. The summed E-state index contributed by atoms with van der Waals surface area (Å²) < 4.78 is 0. The molecule has 0 spiro atoms. The Bertz CT molecular complexity index is 1090. The zero-order valence-corrected chi connectivity index (χ0v) is 17.7. The maximum atomic E-state index is 13.2. The number of carbonyl (C=O) groups excluding carboxylic acids is 2. The van der Waals surface area contributed by atoms with Crippen LogP contribution < -0.4 is 0 Å². The number of aryl methyl sites for hydroxylation is 1. The number of hydrogen-bond acceptors (Lipinski definition) is 4. The summed E-state index contributed by atoms with van der Waals surface area (Å²) in [5.74, 6) is 0.587. The molecule has 2 amide bonds. The number of rotatable bonds is 4. The highest BCUT2D eigenvalue weighted by Crippen LogP contribution is 2.30. The van der Waals surface area contributed by atoms with Gasteiger partial charge in [0.1, 0.15) is 0 Å². The third kappa shape index (κ3) is 3.79. The number of fused-ring (bicyclic) bond motifs is 1. The lowest BCUT2D eigenvalue weighted by molar-refractivity contribution is -0.134. The quantitative estimate of drug-likeness (QED) is 0.722. The van der Waals surface area contributed by atoms with Gasteiger partial charge in [-0.15, -0.1) is 0 Å². The number of aromatic nitrogens is 3. The van der Waals surface area contributed by atoms with Crippen LogP contribution in [0.5, 0.6) is 0 Å². The van der Waals surface area contributed by atoms with E-state index in [-0.39, 0.29) is 17.9 Å². The fraction of sp³-hybridized carbons (Fsp3) is 0.391. The molecule has 3 heterocycles. The van der Waals surface area contributed by atoms with E-state index < -0.39 is 0 Å². The Morgan fingerprint density at radius 1 is 1.23 bits per heavy atom. The van der Waals surface area contributed by atoms with Gasteiger partial charge in [0.05, 0.1) is 23.7 Å². The molecule has 7 nitrogen and oxygen atoms in total. The lowest BCUT2D eigenvalue weighted by atomic mass is 9.99. The van der Waals surface area contributed by atoms with E-state index in [4.69, 9.17) is 0 Å². The summed E-state index contributed by atoms with van der Waals surface area (Å²) in [7, 11) is 3.42. The minimum atomic E-state index is -0.154. The molecule has 1 atom stereocenters. The first kappa shape index (κ1) is 20.1. The number of H-pyrrole nitrogens is 1. The highest BCUT2D eigenvalue weighted by molar-refractivity contribution is 5.94. The average Bonchev–Trinajstić information content (AvgIpc) is 3.16. The van der Waals surface area contributed by atoms with Crippen molar-refractivity contribution in [1.29, 1.82) is 0 Å². The maximum Gasteiger partial charge on any atom is 0.256 e. The van der Waals surface area contributed by atoms with E-state index >= 15 is 0 Å². The highest BCUT2D eigenvalue weighted by Gasteiger charge is 2.31. The summed E-state index contributed by atoms with van der Waals surface area (Å²) in [6.45, 7) is 2.52. The van der Waals surface area contributed by atoms with Gasteiger partial charge in [-0.25, -0.2) is 9.97 Å². The van der Waals surface area contributed by atoms with Gasteiger partial charge in [0.2, 0.25) is 5.91 Å². The molecule has 1 aromatic carbocycles. The van der Waals surface area contributed by atoms with Gasteiger partial charge in [0.15, 0.2) is 5.82 Å². The molecule has 1 N–H and O–H groups in total. The lowest BCUT2D eigenvalue weighted by Crippen LogP contribution is -2.40. The van der Waals surface area contributed by atoms with Crippen molar-refractivity contribution < 1.29 is 9.59 Å². The molecule has 1 unspecified atom stereocenters. The van der Waals surface area contributed by atoms with E-state index in [9.17, 15) is 9.59 Å². The summed E-state index contributed by atoms with van der Waals surface area (Å²) in [5.41, 5.74) is 3.18. The Kier molecular flexibility index (Phi) is 5.53. The third-order valence-corrected chi connectivity index (χ3v) is 5.77. The van der Waals surface area contributed by atoms with Gasteiger partial charge < -0.3 is 14.8 Å². The van der Waals surface area contributed by atoms with Crippen LogP contribution in [0.25, 0.3) is 10.9 Å². The molecule has 0 saturated carbocycles. The van der Waals surface area contributed by atoms with Crippen LogP contribution in [0.15, 0.2) is 36.7 Å². The summed E-state index contributed by atoms with van der Waals surface area (Å²) in [4.78, 5) is 41.3. The van der Waals surface area contributed by atoms with Crippen molar-refractivity contribution in [1.82, 2.24) is 24.8 Å². The van der Waals surface area contributed by atoms with E-state index in [1.807, 2.05) is 42.3 Å². The van der Waals surface area contributed by atoms with Gasteiger partial charge in [0.25, 0.3) is 5.91 Å². The molecular weight excluding hydrogens is 378 g/mol. The van der Waals surface area contributed by atoms with Crippen LogP contribution in [-0.2, 0) is 11.2 Å². The van der Waals surface area contributed by atoms with Crippen molar-refractivity contribution in [2.75, 3.05) is 20.6 Å². The Labute approximate surface area is 176 Å². The largest absolute Gasteiger partial charge is 0.361 e. The molecule has 2 aromatic heterocycles. The molecule has 0 aliphatic carbocycles. The fourth-order valence-corrected chi connectivity index (χ4v) is 4.14. The monoisotopic (exact) mass is 405 g/mol. The minimum Gasteiger partial charge on any atom is -0.361 e. The smallest absolute Gasteiger partial charge is 0.256 e. The van der Waals surface area contributed by atoms with Gasteiger partial charge in [-0.3, -0.25) is 9.59 Å². The third-order valence-electron chi connectivity index (χ3n) is 5.77. The molecule has 1 fully saturated rings. The summed E-state index contributed by atoms with van der Waals surface area (Å²) in [6, 6.07) is 7.87. The van der Waals surface area contributed by atoms with Crippen LogP contribution in [0, 0.1) is 6.92 Å². The van der Waals surface area contributed by atoms with Crippen LogP contribution in [0.3, 0.4) is 0 Å². The summed E-state index contributed by atoms with van der Waals surface area (Å²) in [5, 5.41) is 1.08. The Hall–Kier alpha value is -3.22. The van der Waals surface area contributed by atoms with Crippen molar-refractivity contribution in [3.63, 3.8) is 0 Å². The summed E-state index contributed by atoms with van der Waals surface area (Å²) in [6.07, 6.45) is 6.70. The Morgan fingerprint density at radius 3 is 2.80 bits per heavy atom. The van der Waals surface area contributed by atoms with Crippen molar-refractivity contribution in [2.45, 2.75) is 38.6 Å². The zero-order chi connectivity index (χ0) is 21.3. The first-order valence-corrected chi connectivity index (χ1v) is 10.4. The van der Waals surface area contributed by atoms with Crippen LogP contribution in [0.4, 0.5) is 0 Å². The first-order chi connectivity index (χ1) is 14.5. The molecule has 0 bridgehead atoms. The van der Waals surface area contributed by atoms with Gasteiger partial charge >= 0.3 is 0 Å². The number of nitrogens with one attached hydrogen (secondary N) is 1. The van der Waals surface area contributed by atoms with Crippen LogP contribution in [0.1, 0.15) is 52.7 Å². The number of likely N-dealkylation sites (tertiary alicyclic amines) is 1. The van der Waals surface area contributed by atoms with E-state index in [1.165, 1.54) is 4.90 Å². The van der Waals surface area contributed by atoms with Crippen molar-refractivity contribution >= 4 is 22.7 Å². The molecule has 3 aromatic rings. The molecule has 4 rings (SSSR count). The van der Waals surface area contributed by atoms with Crippen LogP contribution in [-0.4, -0.2) is 57.2 Å². The Morgan fingerprint density at radius 2 is 2.03 bits per heavy atom. The van der Waals surface area contributed by atoms with Crippen molar-refractivity contribution in [3.05, 3.63) is 59.3 Å². The van der Waals surface area contributed by atoms with E-state index in [0.29, 0.717) is 30.0 Å². The normalized spacial score (nSPS) is 16.6. The second-order valence-corrected chi connectivity index (χ2v) is 8.06. The number of carbonyl (C=O) groups is 2. The molecule has 1 saturated heterocycles. The van der Waals surface area contributed by atoms with Crippen LogP contribution in [0.2, 0.25) is 0 Å². The number of amides is 2. The van der Waals surface area contributed by atoms with Gasteiger partial charge in [-0.1, -0.05) is 18.2 Å². The number of piperidine rings is 1. The minimum absolute atomic E-state index is 0.0825. The highest BCUT2D eigenvalue weighted by atomic mass is 16.2. The van der Waals surface area contributed by atoms with E-state index in [2.05, 4.69) is 15.0 Å². The zero-order valence-electron chi connectivity index (χ0n) is 17.7. The van der Waals surface area contributed by atoms with Crippen molar-refractivity contribution in [2.24, 2.45) is 0 Å². The number of aromatic amines is 1. The molecule has 156 valence electrons. The van der Waals surface area contributed by atoms with Gasteiger partial charge in [-0.05, 0) is 37.8 Å². The Balaban J connectivity index is 1.58. The van der Waals surface area contributed by atoms with Gasteiger partial charge in [0, 0.05) is 43.9 Å². The molecular formula is C23H27N5O2. The number of para-hydroxylation sites is 1. The summed E-state index contributed by atoms with van der Waals surface area (Å²) >= 11 is 0. The maximum absolute atomic E-state index is 13.2. The molecule has 1 aliphatic rings. The predicted molar refractivity (Wildman–Crippen MR) is 115 cm³/mol. The second-order valence-electron chi connectivity index (χ2n) is 8.06. The average molecular weight is 406 g/mol. The fourth-order valence-electron chi connectivity index (χ4n) is 4.14. The van der Waals surface area contributed by atoms with Crippen LogP contribution >= 0.6 is 0 Å².